The molecule has 4 atom stereocenters. The second kappa shape index (κ2) is 9.88. The maximum absolute atomic E-state index is 13.9. The van der Waals surface area contributed by atoms with Crippen LogP contribution in [0.15, 0.2) is 48.5 Å². The number of nitro groups is 1. The third-order valence-electron chi connectivity index (χ3n) is 7.93. The third-order valence-corrected chi connectivity index (χ3v) is 7.93. The summed E-state index contributed by atoms with van der Waals surface area (Å²) in [7, 11) is 1.51. The standard InChI is InChI=1S/C27H28N4O7/c1-38-19-12-10-15(11-13-19)22-20-21(23(24(28)32)30(22)25(33)16-6-3-2-4-7-16)27(35)29(26(20)34)17-8-5-9-18(14-17)31(36)37/h5,8-14,16,20-23H,2-4,6-7H2,1H3,(H2,28,32). The Morgan fingerprint density at radius 2 is 1.66 bits per heavy atom. The van der Waals surface area contributed by atoms with Crippen molar-refractivity contribution in [3.8, 4) is 5.75 Å². The molecule has 2 saturated heterocycles. The Balaban J connectivity index is 1.62. The highest BCUT2D eigenvalue weighted by Gasteiger charge is 2.65. The summed E-state index contributed by atoms with van der Waals surface area (Å²) in [5, 5.41) is 11.3. The number of imide groups is 1. The summed E-state index contributed by atoms with van der Waals surface area (Å²) in [4.78, 5) is 67.5. The average molecular weight is 521 g/mol. The first kappa shape index (κ1) is 25.4. The summed E-state index contributed by atoms with van der Waals surface area (Å²) >= 11 is 0. The van der Waals surface area contributed by atoms with Crippen LogP contribution in [0.5, 0.6) is 5.75 Å². The summed E-state index contributed by atoms with van der Waals surface area (Å²) in [6, 6.07) is 9.74. The highest BCUT2D eigenvalue weighted by molar-refractivity contribution is 6.24. The Morgan fingerprint density at radius 3 is 2.26 bits per heavy atom. The van der Waals surface area contributed by atoms with Gasteiger partial charge >= 0.3 is 0 Å². The second-order valence-electron chi connectivity index (χ2n) is 9.99. The predicted molar refractivity (Wildman–Crippen MR) is 135 cm³/mol. The van der Waals surface area contributed by atoms with Crippen molar-refractivity contribution in [2.45, 2.75) is 44.2 Å². The number of ether oxygens (including phenoxy) is 1. The quantitative estimate of drug-likeness (QED) is 0.349. The predicted octanol–water partition coefficient (Wildman–Crippen LogP) is 2.73. The van der Waals surface area contributed by atoms with Crippen LogP contribution in [0.25, 0.3) is 0 Å². The summed E-state index contributed by atoms with van der Waals surface area (Å²) < 4.78 is 5.25. The molecule has 2 N–H and O–H groups in total. The SMILES string of the molecule is COc1ccc(C2C3C(=O)N(c4cccc([N+](=O)[O-])c4)C(=O)C3C(C(N)=O)N2C(=O)C2CCCCC2)cc1. The highest BCUT2D eigenvalue weighted by atomic mass is 16.6. The zero-order valence-electron chi connectivity index (χ0n) is 20.8. The van der Waals surface area contributed by atoms with E-state index in [-0.39, 0.29) is 23.2 Å². The van der Waals surface area contributed by atoms with Crippen LogP contribution in [0.3, 0.4) is 0 Å². The van der Waals surface area contributed by atoms with Crippen LogP contribution in [-0.2, 0) is 19.2 Å². The molecule has 198 valence electrons. The third kappa shape index (κ3) is 4.07. The van der Waals surface area contributed by atoms with E-state index in [0.29, 0.717) is 24.2 Å². The number of non-ortho nitro benzene ring substituents is 1. The van der Waals surface area contributed by atoms with Crippen LogP contribution < -0.4 is 15.4 Å². The normalized spacial score (nSPS) is 25.4. The van der Waals surface area contributed by atoms with Crippen molar-refractivity contribution in [1.29, 1.82) is 0 Å². The molecule has 4 amide bonds. The number of primary amides is 1. The van der Waals surface area contributed by atoms with Gasteiger partial charge in [-0.2, -0.15) is 0 Å². The number of fused-ring (bicyclic) bond motifs is 1. The lowest BCUT2D eigenvalue weighted by atomic mass is 9.86. The van der Waals surface area contributed by atoms with Gasteiger partial charge in [-0.25, -0.2) is 4.90 Å². The number of hydrogen-bond acceptors (Lipinski definition) is 7. The molecule has 2 aromatic carbocycles. The molecule has 3 fully saturated rings. The van der Waals surface area contributed by atoms with E-state index in [1.807, 2.05) is 0 Å². The van der Waals surface area contributed by atoms with E-state index < -0.39 is 46.6 Å². The molecular weight excluding hydrogens is 492 g/mol. The molecule has 11 heteroatoms. The van der Waals surface area contributed by atoms with Crippen molar-refractivity contribution >= 4 is 35.0 Å². The van der Waals surface area contributed by atoms with Crippen molar-refractivity contribution in [2.24, 2.45) is 23.5 Å². The topological polar surface area (TPSA) is 153 Å². The van der Waals surface area contributed by atoms with Crippen molar-refractivity contribution in [2.75, 3.05) is 12.0 Å². The monoisotopic (exact) mass is 520 g/mol. The number of hydrogen-bond donors (Lipinski definition) is 1. The molecule has 0 radical (unpaired) electrons. The number of carbonyl (C=O) groups excluding carboxylic acids is 4. The maximum Gasteiger partial charge on any atom is 0.271 e. The molecule has 38 heavy (non-hydrogen) atoms. The van der Waals surface area contributed by atoms with Gasteiger partial charge in [0.25, 0.3) is 5.69 Å². The van der Waals surface area contributed by atoms with Crippen molar-refractivity contribution in [3.63, 3.8) is 0 Å². The lowest BCUT2D eigenvalue weighted by Gasteiger charge is -2.36. The molecule has 2 aliphatic heterocycles. The molecule has 4 unspecified atom stereocenters. The highest BCUT2D eigenvalue weighted by Crippen LogP contribution is 2.52. The number of nitro benzene ring substituents is 1. The van der Waals surface area contributed by atoms with Crippen LogP contribution >= 0.6 is 0 Å². The molecule has 0 spiro atoms. The zero-order valence-corrected chi connectivity index (χ0v) is 20.8. The van der Waals surface area contributed by atoms with E-state index >= 15 is 0 Å². The van der Waals surface area contributed by atoms with E-state index in [2.05, 4.69) is 0 Å². The van der Waals surface area contributed by atoms with Crippen molar-refractivity contribution < 1.29 is 28.8 Å². The van der Waals surface area contributed by atoms with Gasteiger partial charge in [-0.05, 0) is 36.6 Å². The lowest BCUT2D eigenvalue weighted by Crippen LogP contribution is -2.52. The fraction of sp³-hybridized carbons (Fsp3) is 0.407. The Hall–Kier alpha value is -4.28. The fourth-order valence-electron chi connectivity index (χ4n) is 6.21. The molecule has 2 heterocycles. The van der Waals surface area contributed by atoms with Gasteiger partial charge in [0, 0.05) is 18.1 Å². The smallest absolute Gasteiger partial charge is 0.271 e. The van der Waals surface area contributed by atoms with E-state index in [1.54, 1.807) is 24.3 Å². The molecule has 11 nitrogen and oxygen atoms in total. The number of methoxy groups -OCH3 is 1. The molecule has 2 aromatic rings. The number of nitrogens with two attached hydrogens (primary N) is 1. The molecule has 3 aliphatic rings. The van der Waals surface area contributed by atoms with Gasteiger partial charge in [0.1, 0.15) is 11.8 Å². The van der Waals surface area contributed by atoms with Gasteiger partial charge in [-0.15, -0.1) is 0 Å². The molecule has 0 aromatic heterocycles. The van der Waals surface area contributed by atoms with Crippen LogP contribution in [0, 0.1) is 27.9 Å². The molecular formula is C27H28N4O7. The fourth-order valence-corrected chi connectivity index (χ4v) is 6.21. The van der Waals surface area contributed by atoms with Crippen molar-refractivity contribution in [1.82, 2.24) is 4.90 Å². The summed E-state index contributed by atoms with van der Waals surface area (Å²) in [6.45, 7) is 0. The second-order valence-corrected chi connectivity index (χ2v) is 9.99. The van der Waals surface area contributed by atoms with Gasteiger partial charge in [0.05, 0.1) is 35.6 Å². The van der Waals surface area contributed by atoms with Gasteiger partial charge in [-0.1, -0.05) is 37.5 Å². The number of anilines is 1. The molecule has 1 aliphatic carbocycles. The summed E-state index contributed by atoms with van der Waals surface area (Å²) in [5.74, 6) is -4.56. The molecule has 0 bridgehead atoms. The van der Waals surface area contributed by atoms with Crippen LogP contribution in [0.2, 0.25) is 0 Å². The Bertz CT molecular complexity index is 1300. The van der Waals surface area contributed by atoms with Crippen LogP contribution in [-0.4, -0.2) is 46.6 Å². The Labute approximate surface area is 218 Å². The van der Waals surface area contributed by atoms with E-state index in [0.717, 1.165) is 30.2 Å². The minimum absolute atomic E-state index is 0.0328. The van der Waals surface area contributed by atoms with Crippen LogP contribution in [0.1, 0.15) is 43.7 Å². The number of likely N-dealkylation sites (tertiary alicyclic amines) is 1. The van der Waals surface area contributed by atoms with E-state index in [1.165, 1.54) is 30.2 Å². The van der Waals surface area contributed by atoms with E-state index in [9.17, 15) is 29.3 Å². The van der Waals surface area contributed by atoms with E-state index in [4.69, 9.17) is 10.5 Å². The number of benzene rings is 2. The summed E-state index contributed by atoms with van der Waals surface area (Å²) in [6.07, 6.45) is 4.10. The minimum atomic E-state index is -1.33. The first-order valence-corrected chi connectivity index (χ1v) is 12.6. The van der Waals surface area contributed by atoms with Gasteiger partial charge in [0.2, 0.25) is 23.6 Å². The molecule has 1 saturated carbocycles. The number of rotatable bonds is 6. The van der Waals surface area contributed by atoms with Crippen LogP contribution in [0.4, 0.5) is 11.4 Å². The average Bonchev–Trinajstić information content (AvgIpc) is 3.41. The first-order chi connectivity index (χ1) is 18.2. The first-order valence-electron chi connectivity index (χ1n) is 12.6. The zero-order chi connectivity index (χ0) is 27.1. The molecule has 5 rings (SSSR count). The minimum Gasteiger partial charge on any atom is -0.497 e. The van der Waals surface area contributed by atoms with Gasteiger partial charge in [-0.3, -0.25) is 29.3 Å². The maximum atomic E-state index is 13.9. The lowest BCUT2D eigenvalue weighted by molar-refractivity contribution is -0.384. The largest absolute Gasteiger partial charge is 0.497 e. The Kier molecular flexibility index (Phi) is 6.60. The number of carbonyl (C=O) groups is 4. The Morgan fingerprint density at radius 1 is 1.00 bits per heavy atom. The number of nitrogens with zero attached hydrogens (tertiary/aromatic N) is 3. The van der Waals surface area contributed by atoms with Gasteiger partial charge < -0.3 is 15.4 Å². The van der Waals surface area contributed by atoms with Crippen molar-refractivity contribution in [3.05, 3.63) is 64.2 Å². The number of amides is 4. The van der Waals surface area contributed by atoms with Gasteiger partial charge in [0.15, 0.2) is 0 Å². The summed E-state index contributed by atoms with van der Waals surface area (Å²) in [5.41, 5.74) is 6.14.